The number of hydrogen-bond donors (Lipinski definition) is 0. The van der Waals surface area contributed by atoms with E-state index in [0.717, 1.165) is 10.9 Å². The van der Waals surface area contributed by atoms with Crippen molar-refractivity contribution in [1.82, 2.24) is 9.88 Å². The van der Waals surface area contributed by atoms with Crippen LogP contribution in [0, 0.1) is 17.1 Å². The van der Waals surface area contributed by atoms with E-state index < -0.39 is 0 Å². The molecule has 2 aromatic carbocycles. The molecule has 2 heterocycles. The summed E-state index contributed by atoms with van der Waals surface area (Å²) in [5.41, 5.74) is 1.75. The Kier molecular flexibility index (Phi) is 6.23. The van der Waals surface area contributed by atoms with Gasteiger partial charge in [0.15, 0.2) is 0 Å². The number of benzene rings is 2. The largest absolute Gasteiger partial charge is 0.497 e. The van der Waals surface area contributed by atoms with E-state index >= 15 is 0 Å². The van der Waals surface area contributed by atoms with E-state index in [0.29, 0.717) is 48.2 Å². The van der Waals surface area contributed by atoms with Gasteiger partial charge in [-0.05, 0) is 36.4 Å². The highest BCUT2D eigenvalue weighted by Gasteiger charge is 2.23. The maximum absolute atomic E-state index is 14.0. The van der Waals surface area contributed by atoms with Crippen molar-refractivity contribution in [2.45, 2.75) is 5.03 Å². The number of carbonyl (C=O) groups excluding carboxylic acids is 1. The average Bonchev–Trinajstić information content (AvgIpc) is 2.82. The molecule has 0 bridgehead atoms. The second-order valence-electron chi connectivity index (χ2n) is 7.12. The van der Waals surface area contributed by atoms with Gasteiger partial charge in [0.2, 0.25) is 5.91 Å². The van der Waals surface area contributed by atoms with Crippen LogP contribution in [0.1, 0.15) is 5.56 Å². The lowest BCUT2D eigenvalue weighted by atomic mass is 10.1. The highest BCUT2D eigenvalue weighted by molar-refractivity contribution is 8.00. The topological polar surface area (TPSA) is 69.5 Å². The van der Waals surface area contributed by atoms with Crippen LogP contribution in [-0.2, 0) is 4.79 Å². The zero-order valence-electron chi connectivity index (χ0n) is 17.0. The molecule has 0 spiro atoms. The summed E-state index contributed by atoms with van der Waals surface area (Å²) < 4.78 is 19.2. The third-order valence-electron chi connectivity index (χ3n) is 5.27. The van der Waals surface area contributed by atoms with Crippen molar-refractivity contribution >= 4 is 34.3 Å². The van der Waals surface area contributed by atoms with Crippen LogP contribution in [0.25, 0.3) is 10.9 Å². The number of rotatable bonds is 5. The summed E-state index contributed by atoms with van der Waals surface area (Å²) in [7, 11) is 1.59. The van der Waals surface area contributed by atoms with E-state index in [2.05, 4.69) is 11.1 Å². The molecule has 0 aliphatic carbocycles. The summed E-state index contributed by atoms with van der Waals surface area (Å²) >= 11 is 1.27. The first-order valence-electron chi connectivity index (χ1n) is 9.88. The first-order chi connectivity index (χ1) is 15.1. The van der Waals surface area contributed by atoms with Crippen LogP contribution in [0.2, 0.25) is 0 Å². The Morgan fingerprint density at radius 3 is 2.68 bits per heavy atom. The van der Waals surface area contributed by atoms with Crippen LogP contribution in [0.5, 0.6) is 5.75 Å². The summed E-state index contributed by atoms with van der Waals surface area (Å²) in [6.07, 6.45) is 0. The van der Waals surface area contributed by atoms with Crippen molar-refractivity contribution in [3.8, 4) is 11.8 Å². The Morgan fingerprint density at radius 2 is 1.97 bits per heavy atom. The van der Waals surface area contributed by atoms with Gasteiger partial charge in [0.25, 0.3) is 0 Å². The highest BCUT2D eigenvalue weighted by atomic mass is 32.2. The van der Waals surface area contributed by atoms with E-state index in [9.17, 15) is 14.4 Å². The van der Waals surface area contributed by atoms with Gasteiger partial charge in [-0.15, -0.1) is 0 Å². The molecule has 0 N–H and O–H groups in total. The van der Waals surface area contributed by atoms with Crippen molar-refractivity contribution < 1.29 is 13.9 Å². The van der Waals surface area contributed by atoms with Gasteiger partial charge in [0.1, 0.15) is 22.7 Å². The lowest BCUT2D eigenvalue weighted by Gasteiger charge is -2.36. The van der Waals surface area contributed by atoms with Crippen molar-refractivity contribution in [1.29, 1.82) is 5.26 Å². The quantitative estimate of drug-likeness (QED) is 0.568. The normalized spacial score (nSPS) is 13.8. The number of pyridine rings is 1. The molecule has 1 aromatic heterocycles. The number of aromatic nitrogens is 1. The van der Waals surface area contributed by atoms with Gasteiger partial charge in [-0.25, -0.2) is 9.37 Å². The van der Waals surface area contributed by atoms with Crippen molar-refractivity contribution in [2.75, 3.05) is 43.9 Å². The molecule has 4 rings (SSSR count). The molecule has 1 saturated heterocycles. The standard InChI is InChI=1S/C23H21FN4O2S/c1-30-18-6-7-20-16(13-18)12-17(14-25)23(26-20)31-15-22(29)28-10-8-27(9-11-28)21-5-3-2-4-19(21)24/h2-7,12-13H,8-11,15H2,1H3. The number of hydrogen-bond acceptors (Lipinski definition) is 6. The molecule has 1 amide bonds. The molecule has 158 valence electrons. The van der Waals surface area contributed by atoms with Crippen molar-refractivity contribution in [3.05, 3.63) is 59.9 Å². The van der Waals surface area contributed by atoms with Crippen LogP contribution < -0.4 is 9.64 Å². The molecule has 0 saturated carbocycles. The van der Waals surface area contributed by atoms with Gasteiger partial charge in [0, 0.05) is 31.6 Å². The maximum atomic E-state index is 14.0. The minimum atomic E-state index is -0.248. The number of methoxy groups -OCH3 is 1. The molecule has 3 aromatic rings. The van der Waals surface area contributed by atoms with E-state index in [1.807, 2.05) is 29.2 Å². The number of carbonyl (C=O) groups is 1. The minimum Gasteiger partial charge on any atom is -0.497 e. The number of nitrogens with zero attached hydrogens (tertiary/aromatic N) is 4. The molecular weight excluding hydrogens is 415 g/mol. The predicted molar refractivity (Wildman–Crippen MR) is 119 cm³/mol. The van der Waals surface area contributed by atoms with Crippen LogP contribution in [0.3, 0.4) is 0 Å². The van der Waals surface area contributed by atoms with Gasteiger partial charge < -0.3 is 14.5 Å². The first kappa shape index (κ1) is 20.9. The SMILES string of the molecule is COc1ccc2nc(SCC(=O)N3CCN(c4ccccc4F)CC3)c(C#N)cc2c1. The fourth-order valence-electron chi connectivity index (χ4n) is 3.58. The smallest absolute Gasteiger partial charge is 0.233 e. The van der Waals surface area contributed by atoms with Crippen LogP contribution in [-0.4, -0.2) is 54.8 Å². The summed E-state index contributed by atoms with van der Waals surface area (Å²) in [4.78, 5) is 21.0. The Bertz CT molecular complexity index is 1160. The highest BCUT2D eigenvalue weighted by Crippen LogP contribution is 2.27. The summed E-state index contributed by atoms with van der Waals surface area (Å²) in [5.74, 6) is 0.632. The molecular formula is C23H21FN4O2S. The number of thioether (sulfide) groups is 1. The Hall–Kier alpha value is -3.31. The fourth-order valence-corrected chi connectivity index (χ4v) is 4.45. The second kappa shape index (κ2) is 9.23. The predicted octanol–water partition coefficient (Wildman–Crippen LogP) is 3.70. The van der Waals surface area contributed by atoms with E-state index in [1.54, 1.807) is 30.2 Å². The zero-order chi connectivity index (χ0) is 21.8. The van der Waals surface area contributed by atoms with E-state index in [-0.39, 0.29) is 17.5 Å². The van der Waals surface area contributed by atoms with Crippen LogP contribution in [0.4, 0.5) is 10.1 Å². The van der Waals surface area contributed by atoms with Gasteiger partial charge in [-0.3, -0.25) is 4.79 Å². The third kappa shape index (κ3) is 4.57. The molecule has 0 unspecified atom stereocenters. The number of anilines is 1. The Balaban J connectivity index is 1.39. The minimum absolute atomic E-state index is 0.0151. The molecule has 6 nitrogen and oxygen atoms in total. The molecule has 0 atom stereocenters. The van der Waals surface area contributed by atoms with Crippen LogP contribution >= 0.6 is 11.8 Å². The number of fused-ring (bicyclic) bond motifs is 1. The van der Waals surface area contributed by atoms with E-state index in [4.69, 9.17) is 4.74 Å². The number of amides is 1. The van der Waals surface area contributed by atoms with Crippen LogP contribution in [0.15, 0.2) is 53.6 Å². The number of halogens is 1. The maximum Gasteiger partial charge on any atom is 0.233 e. The molecule has 1 aliphatic rings. The molecule has 8 heteroatoms. The monoisotopic (exact) mass is 436 g/mol. The third-order valence-corrected chi connectivity index (χ3v) is 6.24. The zero-order valence-corrected chi connectivity index (χ0v) is 17.9. The van der Waals surface area contributed by atoms with Gasteiger partial charge in [-0.1, -0.05) is 23.9 Å². The van der Waals surface area contributed by atoms with Crippen molar-refractivity contribution in [3.63, 3.8) is 0 Å². The molecule has 1 fully saturated rings. The summed E-state index contributed by atoms with van der Waals surface area (Å²) in [6.45, 7) is 2.22. The number of nitriles is 1. The van der Waals surface area contributed by atoms with Gasteiger partial charge >= 0.3 is 0 Å². The average molecular weight is 437 g/mol. The molecule has 31 heavy (non-hydrogen) atoms. The molecule has 0 radical (unpaired) electrons. The summed E-state index contributed by atoms with van der Waals surface area (Å²) in [6, 6.07) is 16.1. The fraction of sp³-hybridized carbons (Fsp3) is 0.261. The molecule has 1 aliphatic heterocycles. The summed E-state index contributed by atoms with van der Waals surface area (Å²) in [5, 5.41) is 10.9. The van der Waals surface area contributed by atoms with Gasteiger partial charge in [-0.2, -0.15) is 5.26 Å². The lowest BCUT2D eigenvalue weighted by Crippen LogP contribution is -2.49. The number of piperazine rings is 1. The second-order valence-corrected chi connectivity index (χ2v) is 8.08. The number of ether oxygens (including phenoxy) is 1. The Morgan fingerprint density at radius 1 is 1.19 bits per heavy atom. The van der Waals surface area contributed by atoms with Gasteiger partial charge in [0.05, 0.1) is 29.6 Å². The Labute approximate surface area is 184 Å². The first-order valence-corrected chi connectivity index (χ1v) is 10.9. The number of para-hydroxylation sites is 1. The van der Waals surface area contributed by atoms with E-state index in [1.165, 1.54) is 17.8 Å². The van der Waals surface area contributed by atoms with Crippen molar-refractivity contribution in [2.24, 2.45) is 0 Å². The lowest BCUT2D eigenvalue weighted by molar-refractivity contribution is -0.128.